The van der Waals surface area contributed by atoms with Gasteiger partial charge in [0.2, 0.25) is 0 Å². The molecule has 0 amide bonds. The molecule has 0 unspecified atom stereocenters. The standard InChI is InChI=1S/C23H30N2O6/c1-6-31-23(26)13-22(24)25(14-16-7-9-18(27-2)11-20(16)29-4)15-17-8-10-19(28-3)12-21(17)30-5/h7-13H,6,14-15,24H2,1-5H3/b22-13+. The van der Waals surface area contributed by atoms with E-state index in [1.54, 1.807) is 47.5 Å². The summed E-state index contributed by atoms with van der Waals surface area (Å²) in [6.07, 6.45) is 1.27. The molecule has 0 aliphatic carbocycles. The topological polar surface area (TPSA) is 92.5 Å². The zero-order chi connectivity index (χ0) is 22.8. The second-order valence-corrected chi connectivity index (χ2v) is 6.53. The molecule has 8 nitrogen and oxygen atoms in total. The van der Waals surface area contributed by atoms with E-state index in [1.807, 2.05) is 29.2 Å². The predicted molar refractivity (Wildman–Crippen MR) is 117 cm³/mol. The van der Waals surface area contributed by atoms with Crippen LogP contribution in [0.25, 0.3) is 0 Å². The molecule has 31 heavy (non-hydrogen) atoms. The lowest BCUT2D eigenvalue weighted by Crippen LogP contribution is -2.28. The minimum absolute atomic E-state index is 0.259. The predicted octanol–water partition coefficient (Wildman–Crippen LogP) is 3.09. The Bertz CT molecular complexity index is 855. The molecule has 2 aromatic carbocycles. The van der Waals surface area contributed by atoms with Crippen molar-refractivity contribution in [1.29, 1.82) is 0 Å². The van der Waals surface area contributed by atoms with Crippen molar-refractivity contribution in [2.24, 2.45) is 5.73 Å². The van der Waals surface area contributed by atoms with Crippen LogP contribution in [0.1, 0.15) is 18.1 Å². The number of esters is 1. The Hall–Kier alpha value is -3.55. The lowest BCUT2D eigenvalue weighted by molar-refractivity contribution is -0.137. The maximum Gasteiger partial charge on any atom is 0.334 e. The van der Waals surface area contributed by atoms with Crippen LogP contribution in [0.5, 0.6) is 23.0 Å². The van der Waals surface area contributed by atoms with E-state index in [9.17, 15) is 4.79 Å². The van der Waals surface area contributed by atoms with Crippen molar-refractivity contribution in [3.63, 3.8) is 0 Å². The molecule has 0 saturated carbocycles. The number of rotatable bonds is 11. The van der Waals surface area contributed by atoms with Gasteiger partial charge in [0.05, 0.1) is 41.1 Å². The Kier molecular flexibility index (Phi) is 8.87. The molecule has 0 saturated heterocycles. The molecule has 0 aliphatic rings. The summed E-state index contributed by atoms with van der Waals surface area (Å²) in [5, 5.41) is 0. The van der Waals surface area contributed by atoms with Crippen LogP contribution in [0.4, 0.5) is 0 Å². The van der Waals surface area contributed by atoms with Gasteiger partial charge in [0.1, 0.15) is 28.8 Å². The third kappa shape index (κ3) is 6.47. The first kappa shape index (κ1) is 23.7. The third-order valence-corrected chi connectivity index (χ3v) is 4.63. The van der Waals surface area contributed by atoms with E-state index in [0.29, 0.717) is 36.1 Å². The SMILES string of the molecule is CCOC(=O)/C=C(\N)N(Cc1ccc(OC)cc1OC)Cc1ccc(OC)cc1OC. The van der Waals surface area contributed by atoms with Crippen molar-refractivity contribution in [2.75, 3.05) is 35.0 Å². The van der Waals surface area contributed by atoms with Gasteiger partial charge >= 0.3 is 5.97 Å². The van der Waals surface area contributed by atoms with Crippen molar-refractivity contribution in [3.05, 3.63) is 59.4 Å². The summed E-state index contributed by atoms with van der Waals surface area (Å²) < 4.78 is 26.6. The zero-order valence-corrected chi connectivity index (χ0v) is 18.6. The van der Waals surface area contributed by atoms with Crippen LogP contribution in [0.2, 0.25) is 0 Å². The van der Waals surface area contributed by atoms with Gasteiger partial charge in [-0.2, -0.15) is 0 Å². The summed E-state index contributed by atoms with van der Waals surface area (Å²) in [6.45, 7) is 2.76. The van der Waals surface area contributed by atoms with Crippen molar-refractivity contribution >= 4 is 5.97 Å². The molecule has 0 aromatic heterocycles. The van der Waals surface area contributed by atoms with E-state index >= 15 is 0 Å². The molecule has 2 rings (SSSR count). The van der Waals surface area contributed by atoms with E-state index in [4.69, 9.17) is 29.4 Å². The maximum atomic E-state index is 12.0. The highest BCUT2D eigenvalue weighted by atomic mass is 16.5. The Morgan fingerprint density at radius 2 is 1.35 bits per heavy atom. The van der Waals surface area contributed by atoms with E-state index in [2.05, 4.69) is 0 Å². The van der Waals surface area contributed by atoms with E-state index in [0.717, 1.165) is 11.1 Å². The van der Waals surface area contributed by atoms with Gasteiger partial charge in [-0.3, -0.25) is 0 Å². The summed E-state index contributed by atoms with van der Waals surface area (Å²) in [5.41, 5.74) is 8.04. The number of carbonyl (C=O) groups is 1. The van der Waals surface area contributed by atoms with Crippen LogP contribution in [-0.2, 0) is 22.6 Å². The second kappa shape index (κ2) is 11.6. The smallest absolute Gasteiger partial charge is 0.334 e. The van der Waals surface area contributed by atoms with Gasteiger partial charge in [-0.25, -0.2) is 4.79 Å². The number of methoxy groups -OCH3 is 4. The summed E-state index contributed by atoms with van der Waals surface area (Å²) in [7, 11) is 6.37. The average molecular weight is 431 g/mol. The van der Waals surface area contributed by atoms with E-state index < -0.39 is 5.97 Å². The van der Waals surface area contributed by atoms with Gasteiger partial charge in [0.25, 0.3) is 0 Å². The first-order chi connectivity index (χ1) is 14.9. The van der Waals surface area contributed by atoms with Crippen molar-refractivity contribution in [2.45, 2.75) is 20.0 Å². The summed E-state index contributed by atoms with van der Waals surface area (Å²) in [6, 6.07) is 11.1. The van der Waals surface area contributed by atoms with Crippen LogP contribution in [0.3, 0.4) is 0 Å². The molecule has 0 fully saturated rings. The van der Waals surface area contributed by atoms with E-state index in [1.165, 1.54) is 6.08 Å². The van der Waals surface area contributed by atoms with Crippen LogP contribution >= 0.6 is 0 Å². The fourth-order valence-electron chi connectivity index (χ4n) is 3.01. The Labute approximate surface area is 183 Å². The van der Waals surface area contributed by atoms with Crippen LogP contribution < -0.4 is 24.7 Å². The number of nitrogens with zero attached hydrogens (tertiary/aromatic N) is 1. The van der Waals surface area contributed by atoms with Crippen molar-refractivity contribution in [1.82, 2.24) is 4.90 Å². The van der Waals surface area contributed by atoms with Crippen molar-refractivity contribution in [3.8, 4) is 23.0 Å². The summed E-state index contributed by atoms with van der Waals surface area (Å²) in [4.78, 5) is 13.8. The molecule has 8 heteroatoms. The van der Waals surface area contributed by atoms with Crippen LogP contribution in [0.15, 0.2) is 48.3 Å². The van der Waals surface area contributed by atoms with Gasteiger partial charge in [-0.1, -0.05) is 0 Å². The molecular formula is C23H30N2O6. The highest BCUT2D eigenvalue weighted by Gasteiger charge is 2.17. The molecule has 168 valence electrons. The molecule has 2 aromatic rings. The highest BCUT2D eigenvalue weighted by Crippen LogP contribution is 2.30. The second-order valence-electron chi connectivity index (χ2n) is 6.53. The molecule has 0 heterocycles. The van der Waals surface area contributed by atoms with E-state index in [-0.39, 0.29) is 12.4 Å². The minimum Gasteiger partial charge on any atom is -0.497 e. The molecule has 0 spiro atoms. The summed E-state index contributed by atoms with van der Waals surface area (Å²) in [5.74, 6) is 2.41. The normalized spacial score (nSPS) is 10.9. The van der Waals surface area contributed by atoms with Gasteiger partial charge in [0.15, 0.2) is 0 Å². The fraction of sp³-hybridized carbons (Fsp3) is 0.348. The first-order valence-electron chi connectivity index (χ1n) is 9.76. The lowest BCUT2D eigenvalue weighted by Gasteiger charge is -2.27. The maximum absolute atomic E-state index is 12.0. The molecule has 0 radical (unpaired) electrons. The number of hydrogen-bond donors (Lipinski definition) is 1. The lowest BCUT2D eigenvalue weighted by atomic mass is 10.1. The Morgan fingerprint density at radius 3 is 1.74 bits per heavy atom. The number of nitrogens with two attached hydrogens (primary N) is 1. The minimum atomic E-state index is -0.506. The van der Waals surface area contributed by atoms with Crippen LogP contribution in [-0.4, -0.2) is 45.9 Å². The van der Waals surface area contributed by atoms with Gasteiger partial charge in [0, 0.05) is 36.3 Å². The van der Waals surface area contributed by atoms with Gasteiger partial charge in [-0.15, -0.1) is 0 Å². The Balaban J connectivity index is 2.41. The number of hydrogen-bond acceptors (Lipinski definition) is 8. The first-order valence-corrected chi connectivity index (χ1v) is 9.76. The quantitative estimate of drug-likeness (QED) is 0.430. The summed E-state index contributed by atoms with van der Waals surface area (Å²) >= 11 is 0. The third-order valence-electron chi connectivity index (χ3n) is 4.63. The zero-order valence-electron chi connectivity index (χ0n) is 18.6. The number of benzene rings is 2. The van der Waals surface area contributed by atoms with Gasteiger partial charge < -0.3 is 34.3 Å². The molecule has 0 bridgehead atoms. The van der Waals surface area contributed by atoms with Gasteiger partial charge in [-0.05, 0) is 31.2 Å². The largest absolute Gasteiger partial charge is 0.497 e. The van der Waals surface area contributed by atoms with Crippen molar-refractivity contribution < 1.29 is 28.5 Å². The molecule has 0 aliphatic heterocycles. The molecular weight excluding hydrogens is 400 g/mol. The Morgan fingerprint density at radius 1 is 0.871 bits per heavy atom. The monoisotopic (exact) mass is 430 g/mol. The number of ether oxygens (including phenoxy) is 5. The molecule has 0 atom stereocenters. The number of carbonyl (C=O) groups excluding carboxylic acids is 1. The molecule has 2 N–H and O–H groups in total. The van der Waals surface area contributed by atoms with Crippen LogP contribution in [0, 0.1) is 0 Å². The highest BCUT2D eigenvalue weighted by molar-refractivity contribution is 5.82. The average Bonchev–Trinajstić information content (AvgIpc) is 2.78. The fourth-order valence-corrected chi connectivity index (χ4v) is 3.01.